The number of rotatable bonds is 7. The van der Waals surface area contributed by atoms with E-state index < -0.39 is 24.1 Å². The van der Waals surface area contributed by atoms with Gasteiger partial charge in [-0.1, -0.05) is 12.5 Å². The van der Waals surface area contributed by atoms with E-state index in [0.29, 0.717) is 24.8 Å². The zero-order valence-corrected chi connectivity index (χ0v) is 14.5. The number of ether oxygens (including phenoxy) is 2. The minimum absolute atomic E-state index is 0.00952. The number of benzene rings is 1. The van der Waals surface area contributed by atoms with Gasteiger partial charge < -0.3 is 14.8 Å². The van der Waals surface area contributed by atoms with E-state index in [4.69, 9.17) is 5.21 Å². The van der Waals surface area contributed by atoms with Crippen LogP contribution in [0, 0.1) is 0 Å². The highest BCUT2D eigenvalue weighted by Crippen LogP contribution is 2.41. The fourth-order valence-corrected chi connectivity index (χ4v) is 2.78. The summed E-state index contributed by atoms with van der Waals surface area (Å²) in [5, 5.41) is 10.8. The van der Waals surface area contributed by atoms with Crippen LogP contribution in [0.2, 0.25) is 0 Å². The molecule has 2 aliphatic heterocycles. The van der Waals surface area contributed by atoms with Gasteiger partial charge in [-0.3, -0.25) is 19.7 Å². The first-order valence-corrected chi connectivity index (χ1v) is 8.46. The number of nitrogens with zero attached hydrogens (tertiary/aromatic N) is 1. The van der Waals surface area contributed by atoms with Crippen LogP contribution in [-0.2, 0) is 9.59 Å². The minimum atomic E-state index is -3.74. The molecule has 9 nitrogen and oxygen atoms in total. The number of unbranched alkanes of at least 4 members (excludes halogenated alkanes) is 2. The molecule has 0 spiro atoms. The first kappa shape index (κ1) is 19.5. The Morgan fingerprint density at radius 2 is 1.96 bits per heavy atom. The fraction of sp³-hybridized carbons (Fsp3) is 0.353. The molecule has 2 aliphatic rings. The molecule has 0 unspecified atom stereocenters. The number of hydroxylamine groups is 1. The highest BCUT2D eigenvalue weighted by molar-refractivity contribution is 6.13. The van der Waals surface area contributed by atoms with Gasteiger partial charge in [0, 0.05) is 13.0 Å². The fourth-order valence-electron chi connectivity index (χ4n) is 2.78. The molecule has 0 atom stereocenters. The lowest BCUT2D eigenvalue weighted by Gasteiger charge is -2.11. The second-order valence-electron chi connectivity index (χ2n) is 6.16. The van der Waals surface area contributed by atoms with Crippen LogP contribution < -0.4 is 20.3 Å². The maximum Gasteiger partial charge on any atom is 0.586 e. The third kappa shape index (κ3) is 4.36. The Kier molecular flexibility index (Phi) is 5.45. The highest BCUT2D eigenvalue weighted by Gasteiger charge is 2.43. The maximum absolute atomic E-state index is 13.1. The zero-order chi connectivity index (χ0) is 20.3. The summed E-state index contributed by atoms with van der Waals surface area (Å²) in [6.45, 7) is 0.163. The second kappa shape index (κ2) is 7.80. The Labute approximate surface area is 157 Å². The molecule has 1 aromatic rings. The van der Waals surface area contributed by atoms with Crippen molar-refractivity contribution in [1.82, 2.24) is 15.7 Å². The summed E-state index contributed by atoms with van der Waals surface area (Å²) in [5.41, 5.74) is 1.91. The maximum atomic E-state index is 13.1. The van der Waals surface area contributed by atoms with E-state index in [0.717, 1.165) is 4.90 Å². The molecule has 2 heterocycles. The molecular weight excluding hydrogens is 380 g/mol. The molecule has 11 heteroatoms. The summed E-state index contributed by atoms with van der Waals surface area (Å²) in [6.07, 6.45) is -0.665. The molecule has 4 amide bonds. The molecule has 1 aromatic carbocycles. The van der Waals surface area contributed by atoms with Gasteiger partial charge >= 0.3 is 12.3 Å². The predicted molar refractivity (Wildman–Crippen MR) is 89.3 cm³/mol. The first-order valence-electron chi connectivity index (χ1n) is 8.46. The second-order valence-corrected chi connectivity index (χ2v) is 6.16. The summed E-state index contributed by atoms with van der Waals surface area (Å²) < 4.78 is 34.8. The van der Waals surface area contributed by atoms with Crippen LogP contribution in [0.15, 0.2) is 23.9 Å². The van der Waals surface area contributed by atoms with Gasteiger partial charge in [0.2, 0.25) is 5.91 Å². The van der Waals surface area contributed by atoms with Crippen LogP contribution in [0.4, 0.5) is 13.6 Å². The van der Waals surface area contributed by atoms with E-state index in [1.807, 2.05) is 0 Å². The van der Waals surface area contributed by atoms with Gasteiger partial charge in [-0.25, -0.2) is 10.3 Å². The summed E-state index contributed by atoms with van der Waals surface area (Å²) in [7, 11) is 0. The molecule has 0 saturated carbocycles. The molecule has 0 bridgehead atoms. The Morgan fingerprint density at radius 3 is 2.71 bits per heavy atom. The molecule has 1 fully saturated rings. The third-order valence-electron chi connectivity index (χ3n) is 4.11. The number of carbonyl (C=O) groups is 3. The largest absolute Gasteiger partial charge is 0.586 e. The van der Waals surface area contributed by atoms with E-state index in [-0.39, 0.29) is 30.2 Å². The normalized spacial score (nSPS) is 18.5. The number of fused-ring (bicyclic) bond motifs is 1. The number of hydrogen-bond donors (Lipinski definition) is 3. The standard InChI is InChI=1S/C17H17F2N3O6/c18-17(19)27-12-6-5-10(9-13(12)28-17)8-11-15(24)22(16(25)20-11)7-3-1-2-4-14(23)21-26/h5-6,8-9,26H,1-4,7H2,(H,20,25)(H,21,23). The van der Waals surface area contributed by atoms with Gasteiger partial charge in [0.25, 0.3) is 5.91 Å². The van der Waals surface area contributed by atoms with Crippen LogP contribution in [0.25, 0.3) is 6.08 Å². The molecule has 3 N–H and O–H groups in total. The molecular formula is C17H17F2N3O6. The number of nitrogens with one attached hydrogen (secondary N) is 2. The molecule has 0 aliphatic carbocycles. The molecule has 150 valence electrons. The molecule has 1 saturated heterocycles. The van der Waals surface area contributed by atoms with Crippen LogP contribution in [0.5, 0.6) is 11.5 Å². The molecule has 3 rings (SSSR count). The van der Waals surface area contributed by atoms with Crippen molar-refractivity contribution in [2.45, 2.75) is 32.0 Å². The number of hydrogen-bond acceptors (Lipinski definition) is 6. The number of imide groups is 1. The zero-order valence-electron chi connectivity index (χ0n) is 14.5. The van der Waals surface area contributed by atoms with E-state index >= 15 is 0 Å². The van der Waals surface area contributed by atoms with Gasteiger partial charge in [0.1, 0.15) is 5.70 Å². The van der Waals surface area contributed by atoms with Gasteiger partial charge in [-0.15, -0.1) is 8.78 Å². The summed E-state index contributed by atoms with van der Waals surface area (Å²) >= 11 is 0. The van der Waals surface area contributed by atoms with Crippen LogP contribution in [-0.4, -0.2) is 40.8 Å². The quantitative estimate of drug-likeness (QED) is 0.213. The van der Waals surface area contributed by atoms with Crippen molar-refractivity contribution in [1.29, 1.82) is 0 Å². The Bertz CT molecular complexity index is 842. The number of carbonyl (C=O) groups excluding carboxylic acids is 3. The lowest BCUT2D eigenvalue weighted by Crippen LogP contribution is -2.31. The predicted octanol–water partition coefficient (Wildman–Crippen LogP) is 1.97. The average molecular weight is 397 g/mol. The monoisotopic (exact) mass is 397 g/mol. The van der Waals surface area contributed by atoms with Gasteiger partial charge in [0.15, 0.2) is 11.5 Å². The SMILES string of the molecule is O=C(CCCCCN1C(=O)NC(=Cc2ccc3c(c2)OC(F)(F)O3)C1=O)NO. The topological polar surface area (TPSA) is 117 Å². The van der Waals surface area contributed by atoms with Crippen LogP contribution in [0.1, 0.15) is 31.2 Å². The molecule has 0 radical (unpaired) electrons. The highest BCUT2D eigenvalue weighted by atomic mass is 19.3. The van der Waals surface area contributed by atoms with Crippen molar-refractivity contribution in [2.75, 3.05) is 6.54 Å². The van der Waals surface area contributed by atoms with E-state index in [1.54, 1.807) is 0 Å². The summed E-state index contributed by atoms with van der Waals surface area (Å²) in [6, 6.07) is 3.42. The van der Waals surface area contributed by atoms with E-state index in [2.05, 4.69) is 14.8 Å². The lowest BCUT2D eigenvalue weighted by molar-refractivity contribution is -0.286. The number of urea groups is 1. The van der Waals surface area contributed by atoms with E-state index in [1.165, 1.54) is 29.8 Å². The Morgan fingerprint density at radius 1 is 1.21 bits per heavy atom. The van der Waals surface area contributed by atoms with Crippen molar-refractivity contribution >= 4 is 23.9 Å². The first-order chi connectivity index (χ1) is 13.3. The minimum Gasteiger partial charge on any atom is -0.395 e. The Hall–Kier alpha value is -3.21. The van der Waals surface area contributed by atoms with Crippen molar-refractivity contribution in [2.24, 2.45) is 0 Å². The van der Waals surface area contributed by atoms with Gasteiger partial charge in [-0.2, -0.15) is 0 Å². The summed E-state index contributed by atoms with van der Waals surface area (Å²) in [4.78, 5) is 36.3. The van der Waals surface area contributed by atoms with Gasteiger partial charge in [0.05, 0.1) is 0 Å². The average Bonchev–Trinajstić information content (AvgIpc) is 3.09. The smallest absolute Gasteiger partial charge is 0.395 e. The molecule has 0 aromatic heterocycles. The lowest BCUT2D eigenvalue weighted by atomic mass is 10.1. The van der Waals surface area contributed by atoms with Crippen molar-refractivity contribution in [3.8, 4) is 11.5 Å². The van der Waals surface area contributed by atoms with Crippen molar-refractivity contribution in [3.05, 3.63) is 29.5 Å². The Balaban J connectivity index is 1.58. The van der Waals surface area contributed by atoms with E-state index in [9.17, 15) is 23.2 Å². The van der Waals surface area contributed by atoms with Crippen LogP contribution >= 0.6 is 0 Å². The van der Waals surface area contributed by atoms with Crippen molar-refractivity contribution < 1.29 is 37.8 Å². The van der Waals surface area contributed by atoms with Crippen LogP contribution in [0.3, 0.4) is 0 Å². The number of amides is 4. The molecule has 28 heavy (non-hydrogen) atoms. The number of halogens is 2. The third-order valence-corrected chi connectivity index (χ3v) is 4.11. The summed E-state index contributed by atoms with van der Waals surface area (Å²) in [5.74, 6) is -1.33. The number of alkyl halides is 2. The van der Waals surface area contributed by atoms with Crippen molar-refractivity contribution in [3.63, 3.8) is 0 Å². The van der Waals surface area contributed by atoms with Gasteiger partial charge in [-0.05, 0) is 36.6 Å².